The van der Waals surface area contributed by atoms with E-state index in [0.717, 1.165) is 0 Å². The van der Waals surface area contributed by atoms with Gasteiger partial charge in [-0.05, 0) is 0 Å². The first kappa shape index (κ1) is 26.4. The number of hydrogen-bond donors (Lipinski definition) is 4. The Morgan fingerprint density at radius 3 is 0.840 bits per heavy atom. The Balaban J connectivity index is 0. The van der Waals surface area contributed by atoms with Gasteiger partial charge in [0.25, 0.3) is 0 Å². The number of carbonyl (C=O) groups excluding carboxylic acids is 1. The SMILES string of the molecule is CCCCCCCCCCCCCCCCCCC.NNC(=O)NN. The van der Waals surface area contributed by atoms with E-state index in [0.29, 0.717) is 0 Å². The average molecular weight is 359 g/mol. The fourth-order valence-corrected chi connectivity index (χ4v) is 2.84. The van der Waals surface area contributed by atoms with E-state index >= 15 is 0 Å². The quantitative estimate of drug-likeness (QED) is 0.123. The molecule has 0 bridgehead atoms. The van der Waals surface area contributed by atoms with Gasteiger partial charge in [-0.15, -0.1) is 0 Å². The molecule has 5 nitrogen and oxygen atoms in total. The average Bonchev–Trinajstić information content (AvgIpc) is 2.64. The van der Waals surface area contributed by atoms with E-state index in [9.17, 15) is 4.79 Å². The molecule has 152 valence electrons. The molecule has 0 spiro atoms. The van der Waals surface area contributed by atoms with Crippen LogP contribution in [0.3, 0.4) is 0 Å². The minimum absolute atomic E-state index is 0.602. The normalized spacial score (nSPS) is 10.1. The van der Waals surface area contributed by atoms with Gasteiger partial charge in [0.2, 0.25) is 0 Å². The zero-order valence-electron chi connectivity index (χ0n) is 17.1. The van der Waals surface area contributed by atoms with Crippen LogP contribution in [0.25, 0.3) is 0 Å². The van der Waals surface area contributed by atoms with Crippen LogP contribution in [0, 0.1) is 0 Å². The molecule has 0 aromatic carbocycles. The van der Waals surface area contributed by atoms with Gasteiger partial charge in [0, 0.05) is 0 Å². The number of urea groups is 1. The largest absolute Gasteiger partial charge is 0.343 e. The Labute approximate surface area is 157 Å². The lowest BCUT2D eigenvalue weighted by Crippen LogP contribution is -2.43. The molecule has 25 heavy (non-hydrogen) atoms. The fraction of sp³-hybridized carbons (Fsp3) is 0.950. The van der Waals surface area contributed by atoms with Crippen molar-refractivity contribution in [3.8, 4) is 0 Å². The highest BCUT2D eigenvalue weighted by Crippen LogP contribution is 2.13. The summed E-state index contributed by atoms with van der Waals surface area (Å²) in [6.07, 6.45) is 24.9. The monoisotopic (exact) mass is 358 g/mol. The second kappa shape index (κ2) is 25.4. The first-order valence-electron chi connectivity index (χ1n) is 10.7. The molecule has 0 aliphatic heterocycles. The summed E-state index contributed by atoms with van der Waals surface area (Å²) in [4.78, 5) is 9.71. The van der Waals surface area contributed by atoms with E-state index < -0.39 is 6.03 Å². The zero-order chi connectivity index (χ0) is 19.0. The van der Waals surface area contributed by atoms with Crippen molar-refractivity contribution >= 4 is 6.03 Å². The Hall–Kier alpha value is -0.810. The summed E-state index contributed by atoms with van der Waals surface area (Å²) in [5, 5.41) is 0. The molecule has 0 fully saturated rings. The molecule has 0 aliphatic carbocycles. The summed E-state index contributed by atoms with van der Waals surface area (Å²) < 4.78 is 0. The maximum atomic E-state index is 9.71. The maximum absolute atomic E-state index is 9.71. The fourth-order valence-electron chi connectivity index (χ4n) is 2.84. The van der Waals surface area contributed by atoms with E-state index in [1.807, 2.05) is 0 Å². The van der Waals surface area contributed by atoms with Gasteiger partial charge in [-0.2, -0.15) is 0 Å². The van der Waals surface area contributed by atoms with Gasteiger partial charge in [0.1, 0.15) is 0 Å². The molecule has 0 saturated heterocycles. The van der Waals surface area contributed by atoms with Gasteiger partial charge in [-0.3, -0.25) is 10.9 Å². The number of hydrazine groups is 2. The highest BCUT2D eigenvalue weighted by Gasteiger charge is 1.94. The van der Waals surface area contributed by atoms with Crippen LogP contribution in [0.4, 0.5) is 4.79 Å². The van der Waals surface area contributed by atoms with Crippen LogP contribution in [-0.4, -0.2) is 6.03 Å². The molecule has 2 amide bonds. The van der Waals surface area contributed by atoms with Crippen LogP contribution >= 0.6 is 0 Å². The Kier molecular flexibility index (Phi) is 26.9. The summed E-state index contributed by atoms with van der Waals surface area (Å²) in [7, 11) is 0. The molecule has 0 aromatic heterocycles. The third-order valence-electron chi connectivity index (χ3n) is 4.47. The molecule has 0 unspecified atom stereocenters. The van der Waals surface area contributed by atoms with Crippen molar-refractivity contribution in [1.29, 1.82) is 0 Å². The summed E-state index contributed by atoms with van der Waals surface area (Å²) in [6.45, 7) is 4.59. The molecule has 0 radical (unpaired) electrons. The lowest BCUT2D eigenvalue weighted by Gasteiger charge is -2.03. The van der Waals surface area contributed by atoms with Crippen molar-refractivity contribution in [2.75, 3.05) is 0 Å². The number of nitrogens with two attached hydrogens (primary N) is 2. The molecular weight excluding hydrogens is 312 g/mol. The van der Waals surface area contributed by atoms with E-state index in [1.54, 1.807) is 10.9 Å². The Morgan fingerprint density at radius 1 is 0.520 bits per heavy atom. The smallest absolute Gasteiger partial charge is 0.275 e. The number of carbonyl (C=O) groups is 1. The second-order valence-electron chi connectivity index (χ2n) is 6.92. The van der Waals surface area contributed by atoms with Crippen LogP contribution in [-0.2, 0) is 0 Å². The summed E-state index contributed by atoms with van der Waals surface area (Å²) in [5.41, 5.74) is 3.48. The third kappa shape index (κ3) is 28.3. The van der Waals surface area contributed by atoms with E-state index in [1.165, 1.54) is 109 Å². The van der Waals surface area contributed by atoms with Crippen molar-refractivity contribution in [2.45, 2.75) is 123 Å². The second-order valence-corrected chi connectivity index (χ2v) is 6.92. The van der Waals surface area contributed by atoms with Crippen molar-refractivity contribution < 1.29 is 4.79 Å². The van der Waals surface area contributed by atoms with Gasteiger partial charge in [0.05, 0.1) is 0 Å². The lowest BCUT2D eigenvalue weighted by atomic mass is 10.0. The molecule has 0 rings (SSSR count). The Morgan fingerprint density at radius 2 is 0.720 bits per heavy atom. The van der Waals surface area contributed by atoms with Crippen molar-refractivity contribution in [3.05, 3.63) is 0 Å². The molecule has 0 aliphatic rings. The van der Waals surface area contributed by atoms with Crippen LogP contribution in [0.5, 0.6) is 0 Å². The molecule has 0 heterocycles. The first-order valence-corrected chi connectivity index (χ1v) is 10.7. The molecule has 0 saturated carbocycles. The highest BCUT2D eigenvalue weighted by atomic mass is 16.2. The number of amides is 2. The van der Waals surface area contributed by atoms with Crippen LogP contribution in [0.1, 0.15) is 123 Å². The van der Waals surface area contributed by atoms with Crippen molar-refractivity contribution in [1.82, 2.24) is 10.9 Å². The number of rotatable bonds is 16. The van der Waals surface area contributed by atoms with Gasteiger partial charge in [-0.1, -0.05) is 123 Å². The van der Waals surface area contributed by atoms with Crippen molar-refractivity contribution in [2.24, 2.45) is 11.7 Å². The summed E-state index contributed by atoms with van der Waals surface area (Å²) in [6, 6.07) is -0.602. The zero-order valence-corrected chi connectivity index (χ0v) is 17.1. The van der Waals surface area contributed by atoms with Crippen LogP contribution < -0.4 is 22.5 Å². The molecule has 6 N–H and O–H groups in total. The minimum Gasteiger partial charge on any atom is -0.275 e. The van der Waals surface area contributed by atoms with E-state index in [2.05, 4.69) is 25.5 Å². The first-order chi connectivity index (χ1) is 12.2. The standard InChI is InChI=1S/C19H40.CH6N4O/c1-3-5-7-9-11-13-15-17-19-18-16-14-12-10-8-6-4-2;2-4-1(6)5-3/h3-19H2,1-2H3;2-3H2,(H2,4,5,6). The third-order valence-corrected chi connectivity index (χ3v) is 4.47. The number of nitrogens with one attached hydrogen (secondary N) is 2. The van der Waals surface area contributed by atoms with Gasteiger partial charge < -0.3 is 0 Å². The molecule has 5 heteroatoms. The van der Waals surface area contributed by atoms with E-state index in [-0.39, 0.29) is 0 Å². The molecule has 0 atom stereocenters. The number of unbranched alkanes of at least 4 members (excludes halogenated alkanes) is 16. The summed E-state index contributed by atoms with van der Waals surface area (Å²) in [5.74, 6) is 9.08. The van der Waals surface area contributed by atoms with E-state index in [4.69, 9.17) is 0 Å². The maximum Gasteiger partial charge on any atom is 0.343 e. The minimum atomic E-state index is -0.602. The Bertz CT molecular complexity index is 228. The molecular formula is C20H46N4O. The van der Waals surface area contributed by atoms with Crippen LogP contribution in [0.15, 0.2) is 0 Å². The molecule has 0 aromatic rings. The lowest BCUT2D eigenvalue weighted by molar-refractivity contribution is 0.241. The number of hydrogen-bond acceptors (Lipinski definition) is 3. The van der Waals surface area contributed by atoms with Gasteiger partial charge >= 0.3 is 6.03 Å². The van der Waals surface area contributed by atoms with Gasteiger partial charge in [0.15, 0.2) is 0 Å². The van der Waals surface area contributed by atoms with Crippen molar-refractivity contribution in [3.63, 3.8) is 0 Å². The topological polar surface area (TPSA) is 93.2 Å². The predicted octanol–water partition coefficient (Wildman–Crippen LogP) is 5.69. The predicted molar refractivity (Wildman–Crippen MR) is 110 cm³/mol. The summed E-state index contributed by atoms with van der Waals surface area (Å²) >= 11 is 0. The van der Waals surface area contributed by atoms with Gasteiger partial charge in [-0.25, -0.2) is 16.5 Å². The van der Waals surface area contributed by atoms with Crippen LogP contribution in [0.2, 0.25) is 0 Å². The highest BCUT2D eigenvalue weighted by molar-refractivity contribution is 5.72.